The van der Waals surface area contributed by atoms with Crippen LogP contribution in [-0.4, -0.2) is 13.7 Å². The van der Waals surface area contributed by atoms with Gasteiger partial charge in [0, 0.05) is 0 Å². The number of ether oxygens (including phenoxy) is 1. The van der Waals surface area contributed by atoms with E-state index in [1.807, 2.05) is 6.92 Å². The molecule has 1 unspecified atom stereocenters. The van der Waals surface area contributed by atoms with Crippen molar-refractivity contribution in [1.82, 2.24) is 0 Å². The average molecular weight is 274 g/mol. The molecule has 0 aromatic heterocycles. The van der Waals surface area contributed by atoms with E-state index < -0.39 is 8.07 Å². The minimum Gasteiger partial charge on any atom is -0.488 e. The van der Waals surface area contributed by atoms with Crippen LogP contribution in [0.15, 0.2) is 30.8 Å². The molecule has 0 aliphatic carbocycles. The summed E-state index contributed by atoms with van der Waals surface area (Å²) < 4.78 is 6.39. The third-order valence-electron chi connectivity index (χ3n) is 4.38. The normalized spacial score (nSPS) is 25.3. The first-order valence-electron chi connectivity index (χ1n) is 7.31. The lowest BCUT2D eigenvalue weighted by Crippen LogP contribution is -2.35. The van der Waals surface area contributed by atoms with Crippen LogP contribution in [0.2, 0.25) is 25.2 Å². The van der Waals surface area contributed by atoms with Crippen LogP contribution >= 0.6 is 0 Å². The number of hydrogen-bond donors (Lipinski definition) is 0. The number of allylic oxidation sites excluding steroid dienone is 1. The molecule has 0 saturated carbocycles. The second-order valence-electron chi connectivity index (χ2n) is 6.78. The zero-order chi connectivity index (χ0) is 14.1. The molecule has 1 fully saturated rings. The van der Waals surface area contributed by atoms with Crippen molar-refractivity contribution in [3.63, 3.8) is 0 Å². The lowest BCUT2D eigenvalue weighted by atomic mass is 10.00. The van der Waals surface area contributed by atoms with Gasteiger partial charge in [-0.15, -0.1) is 0 Å². The summed E-state index contributed by atoms with van der Waals surface area (Å²) in [5, 5.41) is 0. The second kappa shape index (κ2) is 5.16. The minimum atomic E-state index is -1.02. The molecule has 0 radical (unpaired) electrons. The van der Waals surface area contributed by atoms with Crippen LogP contribution in [0.4, 0.5) is 0 Å². The highest BCUT2D eigenvalue weighted by atomic mass is 28.3. The van der Waals surface area contributed by atoms with Crippen LogP contribution in [0, 0.1) is 0 Å². The van der Waals surface area contributed by atoms with Gasteiger partial charge in [-0.3, -0.25) is 0 Å². The summed E-state index contributed by atoms with van der Waals surface area (Å²) in [7, 11) is -1.02. The summed E-state index contributed by atoms with van der Waals surface area (Å²) in [6.45, 7) is 13.2. The Morgan fingerprint density at radius 1 is 1.32 bits per heavy atom. The van der Waals surface area contributed by atoms with Crippen LogP contribution < -0.4 is 4.74 Å². The molecule has 0 amide bonds. The SMILES string of the molecule is C=C(C)c1ccc(OC2(CC)CC[Si](C)(C)C2)cc1. The highest BCUT2D eigenvalue weighted by Gasteiger charge is 2.44. The predicted octanol–water partition coefficient (Wildman–Crippen LogP) is 5.36. The van der Waals surface area contributed by atoms with E-state index in [1.54, 1.807) is 0 Å². The van der Waals surface area contributed by atoms with E-state index in [2.05, 4.69) is 50.9 Å². The van der Waals surface area contributed by atoms with Gasteiger partial charge in [-0.25, -0.2) is 0 Å². The fraction of sp³-hybridized carbons (Fsp3) is 0.529. The van der Waals surface area contributed by atoms with Crippen molar-refractivity contribution >= 4 is 13.6 Å². The lowest BCUT2D eigenvalue weighted by Gasteiger charge is -2.31. The number of rotatable bonds is 4. The molecule has 1 saturated heterocycles. The fourth-order valence-corrected chi connectivity index (χ4v) is 6.69. The Labute approximate surface area is 118 Å². The third-order valence-corrected chi connectivity index (χ3v) is 7.59. The monoisotopic (exact) mass is 274 g/mol. The highest BCUT2D eigenvalue weighted by Crippen LogP contribution is 2.43. The highest BCUT2D eigenvalue weighted by molar-refractivity contribution is 6.78. The molecule has 1 aliphatic rings. The molecule has 1 aromatic rings. The molecule has 1 atom stereocenters. The quantitative estimate of drug-likeness (QED) is 0.672. The van der Waals surface area contributed by atoms with E-state index in [0.29, 0.717) is 0 Å². The van der Waals surface area contributed by atoms with Gasteiger partial charge in [-0.1, -0.05) is 50.3 Å². The van der Waals surface area contributed by atoms with Gasteiger partial charge in [-0.2, -0.15) is 0 Å². The maximum absolute atomic E-state index is 6.39. The Balaban J connectivity index is 2.13. The van der Waals surface area contributed by atoms with Crippen LogP contribution in [0.3, 0.4) is 0 Å². The van der Waals surface area contributed by atoms with Gasteiger partial charge in [0.2, 0.25) is 0 Å². The zero-order valence-corrected chi connectivity index (χ0v) is 13.8. The standard InChI is InChI=1S/C17H26OSi/c1-6-17(11-12-19(4,5)13-17)18-16-9-7-15(8-10-16)14(2)3/h7-10H,2,6,11-13H2,1,3-5H3. The molecule has 104 valence electrons. The van der Waals surface area contributed by atoms with Gasteiger partial charge in [-0.05, 0) is 43.5 Å². The van der Waals surface area contributed by atoms with Gasteiger partial charge in [0.15, 0.2) is 0 Å². The fourth-order valence-electron chi connectivity index (χ4n) is 3.13. The van der Waals surface area contributed by atoms with Gasteiger partial charge in [0.25, 0.3) is 0 Å². The van der Waals surface area contributed by atoms with E-state index in [9.17, 15) is 0 Å². The van der Waals surface area contributed by atoms with Crippen molar-refractivity contribution < 1.29 is 4.74 Å². The van der Waals surface area contributed by atoms with Crippen molar-refractivity contribution in [3.8, 4) is 5.75 Å². The maximum Gasteiger partial charge on any atom is 0.120 e. The summed E-state index contributed by atoms with van der Waals surface area (Å²) in [6.07, 6.45) is 2.34. The van der Waals surface area contributed by atoms with Crippen molar-refractivity contribution in [2.24, 2.45) is 0 Å². The molecule has 1 heterocycles. The Morgan fingerprint density at radius 2 is 1.95 bits per heavy atom. The van der Waals surface area contributed by atoms with Crippen LogP contribution in [-0.2, 0) is 0 Å². The second-order valence-corrected chi connectivity index (χ2v) is 12.0. The Morgan fingerprint density at radius 3 is 2.37 bits per heavy atom. The molecule has 0 bridgehead atoms. The third kappa shape index (κ3) is 3.30. The maximum atomic E-state index is 6.39. The van der Waals surface area contributed by atoms with E-state index in [1.165, 1.54) is 24.1 Å². The molecule has 1 aliphatic heterocycles. The first-order valence-corrected chi connectivity index (χ1v) is 10.7. The van der Waals surface area contributed by atoms with Crippen LogP contribution in [0.5, 0.6) is 5.75 Å². The van der Waals surface area contributed by atoms with E-state index in [4.69, 9.17) is 4.74 Å². The largest absolute Gasteiger partial charge is 0.488 e. The molecule has 1 nitrogen and oxygen atoms in total. The number of hydrogen-bond acceptors (Lipinski definition) is 1. The summed E-state index contributed by atoms with van der Waals surface area (Å²) in [6, 6.07) is 11.1. The van der Waals surface area contributed by atoms with E-state index >= 15 is 0 Å². The summed E-state index contributed by atoms with van der Waals surface area (Å²) in [5.74, 6) is 1.01. The van der Waals surface area contributed by atoms with Crippen molar-refractivity contribution in [2.75, 3.05) is 0 Å². The summed E-state index contributed by atoms with van der Waals surface area (Å²) >= 11 is 0. The zero-order valence-electron chi connectivity index (χ0n) is 12.8. The molecular weight excluding hydrogens is 248 g/mol. The smallest absolute Gasteiger partial charge is 0.120 e. The van der Waals surface area contributed by atoms with Gasteiger partial charge in [0.05, 0.1) is 8.07 Å². The summed E-state index contributed by atoms with van der Waals surface area (Å²) in [4.78, 5) is 0. The summed E-state index contributed by atoms with van der Waals surface area (Å²) in [5.41, 5.74) is 2.39. The molecule has 1 aromatic carbocycles. The topological polar surface area (TPSA) is 9.23 Å². The Kier molecular flexibility index (Phi) is 3.91. The molecule has 2 heteroatoms. The molecule has 19 heavy (non-hydrogen) atoms. The van der Waals surface area contributed by atoms with Crippen LogP contribution in [0.25, 0.3) is 5.57 Å². The average Bonchev–Trinajstić information content (AvgIpc) is 2.66. The Bertz CT molecular complexity index is 461. The van der Waals surface area contributed by atoms with E-state index in [-0.39, 0.29) is 5.60 Å². The molecule has 0 N–H and O–H groups in total. The van der Waals surface area contributed by atoms with Crippen molar-refractivity contribution in [1.29, 1.82) is 0 Å². The van der Waals surface area contributed by atoms with Gasteiger partial charge in [0.1, 0.15) is 11.4 Å². The van der Waals surface area contributed by atoms with Crippen molar-refractivity contribution in [2.45, 2.75) is 57.5 Å². The van der Waals surface area contributed by atoms with Crippen LogP contribution in [0.1, 0.15) is 32.3 Å². The van der Waals surface area contributed by atoms with Gasteiger partial charge >= 0.3 is 0 Å². The first kappa shape index (κ1) is 14.4. The number of benzene rings is 1. The molecular formula is C17H26OSi. The first-order chi connectivity index (χ1) is 8.86. The molecule has 2 rings (SSSR count). The lowest BCUT2D eigenvalue weighted by molar-refractivity contribution is 0.0884. The Hall–Kier alpha value is -1.02. The van der Waals surface area contributed by atoms with Crippen molar-refractivity contribution in [3.05, 3.63) is 36.4 Å². The molecule has 0 spiro atoms. The predicted molar refractivity (Wildman–Crippen MR) is 86.5 cm³/mol. The van der Waals surface area contributed by atoms with Gasteiger partial charge < -0.3 is 4.74 Å². The minimum absolute atomic E-state index is 0.0977. The van der Waals surface area contributed by atoms with E-state index in [0.717, 1.165) is 17.7 Å².